The molecule has 4 heterocycles. The van der Waals surface area contributed by atoms with E-state index in [1.54, 1.807) is 12.1 Å². The molecule has 0 unspecified atom stereocenters. The van der Waals surface area contributed by atoms with Crippen LogP contribution in [0.25, 0.3) is 0 Å². The number of nitrogens with zero attached hydrogens (tertiary/aromatic N) is 2. The zero-order chi connectivity index (χ0) is 18.1. The molecule has 5 heteroatoms. The second-order valence-electron chi connectivity index (χ2n) is 8.11. The van der Waals surface area contributed by atoms with Gasteiger partial charge < -0.3 is 10.2 Å². The van der Waals surface area contributed by atoms with E-state index in [9.17, 15) is 9.59 Å². The number of aryl methyl sites for hydroxylation is 1. The van der Waals surface area contributed by atoms with E-state index in [2.05, 4.69) is 22.3 Å². The van der Waals surface area contributed by atoms with Gasteiger partial charge in [0.1, 0.15) is 0 Å². The van der Waals surface area contributed by atoms with Crippen LogP contribution in [0.1, 0.15) is 44.2 Å². The monoisotopic (exact) mass is 359 g/mol. The fourth-order valence-electron chi connectivity index (χ4n) is 5.44. The Kier molecular flexibility index (Phi) is 3.09. The van der Waals surface area contributed by atoms with Crippen LogP contribution in [0.2, 0.25) is 0 Å². The molecule has 1 saturated heterocycles. The fourth-order valence-corrected chi connectivity index (χ4v) is 5.44. The van der Waals surface area contributed by atoms with Crippen LogP contribution in [0.4, 0.5) is 11.4 Å². The molecule has 2 aromatic rings. The standard InChI is InChI=1S/C22H21N3O2/c26-21-16-5-1-2-6-17(16)22(27)25(21)15-8-13-4-3-7-24-12-14-10-23-11-19(14)18(9-15)20(13)24/h1-2,5-6,8-9,14,19,23H,3-4,7,10-12H2/t14-,19-/m1/s1. The third kappa shape index (κ3) is 2.03. The minimum absolute atomic E-state index is 0.202. The predicted octanol–water partition coefficient (Wildman–Crippen LogP) is 2.56. The number of rotatable bonds is 1. The molecule has 27 heavy (non-hydrogen) atoms. The van der Waals surface area contributed by atoms with Crippen molar-refractivity contribution >= 4 is 23.2 Å². The Labute approximate surface area is 158 Å². The van der Waals surface area contributed by atoms with Crippen molar-refractivity contribution in [2.75, 3.05) is 36.0 Å². The number of hydrogen-bond acceptors (Lipinski definition) is 4. The van der Waals surface area contributed by atoms with Crippen LogP contribution in [0.3, 0.4) is 0 Å². The summed E-state index contributed by atoms with van der Waals surface area (Å²) >= 11 is 0. The van der Waals surface area contributed by atoms with Crippen LogP contribution in [-0.2, 0) is 6.42 Å². The Hall–Kier alpha value is -2.66. The summed E-state index contributed by atoms with van der Waals surface area (Å²) in [5.74, 6) is 0.684. The molecule has 4 aliphatic rings. The first-order valence-electron chi connectivity index (χ1n) is 9.82. The molecule has 136 valence electrons. The Bertz CT molecular complexity index is 964. The van der Waals surface area contributed by atoms with Crippen LogP contribution < -0.4 is 15.1 Å². The first-order chi connectivity index (χ1) is 13.2. The van der Waals surface area contributed by atoms with E-state index in [-0.39, 0.29) is 11.8 Å². The van der Waals surface area contributed by atoms with Gasteiger partial charge in [-0.3, -0.25) is 9.59 Å². The Morgan fingerprint density at radius 3 is 2.56 bits per heavy atom. The highest BCUT2D eigenvalue weighted by atomic mass is 16.2. The van der Waals surface area contributed by atoms with E-state index in [0.717, 1.165) is 44.7 Å². The molecule has 1 fully saturated rings. The second kappa shape index (κ2) is 5.42. The Morgan fingerprint density at radius 2 is 1.78 bits per heavy atom. The lowest BCUT2D eigenvalue weighted by Crippen LogP contribution is -2.41. The molecule has 2 atom stereocenters. The lowest BCUT2D eigenvalue weighted by molar-refractivity contribution is 0.0926. The number of imide groups is 1. The van der Waals surface area contributed by atoms with Crippen molar-refractivity contribution in [3.05, 3.63) is 58.7 Å². The molecule has 0 saturated carbocycles. The predicted molar refractivity (Wildman–Crippen MR) is 104 cm³/mol. The average Bonchev–Trinajstić information content (AvgIpc) is 3.25. The highest BCUT2D eigenvalue weighted by molar-refractivity contribution is 6.34. The zero-order valence-corrected chi connectivity index (χ0v) is 15.1. The number of benzene rings is 2. The third-order valence-corrected chi connectivity index (χ3v) is 6.64. The largest absolute Gasteiger partial charge is 0.371 e. The number of nitrogens with one attached hydrogen (secondary N) is 1. The first kappa shape index (κ1) is 15.4. The van der Waals surface area contributed by atoms with Crippen molar-refractivity contribution in [3.8, 4) is 0 Å². The van der Waals surface area contributed by atoms with E-state index in [4.69, 9.17) is 0 Å². The minimum Gasteiger partial charge on any atom is -0.371 e. The fraction of sp³-hybridized carbons (Fsp3) is 0.364. The lowest BCUT2D eigenvalue weighted by atomic mass is 9.80. The maximum Gasteiger partial charge on any atom is 0.266 e. The van der Waals surface area contributed by atoms with E-state index in [1.165, 1.54) is 21.7 Å². The molecular formula is C22H21N3O2. The summed E-state index contributed by atoms with van der Waals surface area (Å²) in [5.41, 5.74) is 5.73. The maximum atomic E-state index is 13.0. The van der Waals surface area contributed by atoms with E-state index >= 15 is 0 Å². The average molecular weight is 359 g/mol. The van der Waals surface area contributed by atoms with Gasteiger partial charge in [0.15, 0.2) is 0 Å². The van der Waals surface area contributed by atoms with Gasteiger partial charge in [-0.2, -0.15) is 0 Å². The van der Waals surface area contributed by atoms with E-state index in [1.807, 2.05) is 12.1 Å². The highest BCUT2D eigenvalue weighted by Gasteiger charge is 2.41. The molecule has 0 radical (unpaired) electrons. The van der Waals surface area contributed by atoms with E-state index in [0.29, 0.717) is 23.0 Å². The molecule has 2 aromatic carbocycles. The van der Waals surface area contributed by atoms with Gasteiger partial charge in [-0.05, 0) is 54.2 Å². The van der Waals surface area contributed by atoms with Crippen LogP contribution >= 0.6 is 0 Å². The van der Waals surface area contributed by atoms with Gasteiger partial charge in [0.05, 0.1) is 16.8 Å². The maximum absolute atomic E-state index is 13.0. The summed E-state index contributed by atoms with van der Waals surface area (Å²) in [7, 11) is 0. The summed E-state index contributed by atoms with van der Waals surface area (Å²) in [5, 5.41) is 3.54. The molecular weight excluding hydrogens is 338 g/mol. The van der Waals surface area contributed by atoms with Gasteiger partial charge in [0.2, 0.25) is 0 Å². The number of carbonyl (C=O) groups excluding carboxylic acids is 2. The van der Waals surface area contributed by atoms with Crippen LogP contribution in [-0.4, -0.2) is 38.0 Å². The van der Waals surface area contributed by atoms with Gasteiger partial charge in [0, 0.05) is 37.8 Å². The van der Waals surface area contributed by atoms with Crippen LogP contribution in [0, 0.1) is 5.92 Å². The Morgan fingerprint density at radius 1 is 1.00 bits per heavy atom. The first-order valence-corrected chi connectivity index (χ1v) is 9.82. The zero-order valence-electron chi connectivity index (χ0n) is 15.1. The topological polar surface area (TPSA) is 52.7 Å². The molecule has 2 amide bonds. The molecule has 0 spiro atoms. The van der Waals surface area contributed by atoms with Gasteiger partial charge in [-0.25, -0.2) is 4.90 Å². The molecule has 0 aromatic heterocycles. The number of hydrogen-bond donors (Lipinski definition) is 1. The van der Waals surface area contributed by atoms with Gasteiger partial charge in [-0.1, -0.05) is 12.1 Å². The number of fused-ring (bicyclic) bond motifs is 3. The van der Waals surface area contributed by atoms with Crippen LogP contribution in [0.15, 0.2) is 36.4 Å². The van der Waals surface area contributed by atoms with Crippen molar-refractivity contribution < 1.29 is 9.59 Å². The van der Waals surface area contributed by atoms with Gasteiger partial charge in [-0.15, -0.1) is 0 Å². The van der Waals surface area contributed by atoms with Crippen molar-refractivity contribution in [2.24, 2.45) is 5.92 Å². The lowest BCUT2D eigenvalue weighted by Gasteiger charge is -2.42. The Balaban J connectivity index is 1.51. The molecule has 5 nitrogen and oxygen atoms in total. The van der Waals surface area contributed by atoms with Crippen molar-refractivity contribution in [1.29, 1.82) is 0 Å². The molecule has 1 N–H and O–H groups in total. The van der Waals surface area contributed by atoms with Crippen molar-refractivity contribution in [2.45, 2.75) is 18.8 Å². The molecule has 0 aliphatic carbocycles. The molecule has 4 aliphatic heterocycles. The summed E-state index contributed by atoms with van der Waals surface area (Å²) in [6.45, 7) is 4.25. The number of anilines is 2. The van der Waals surface area contributed by atoms with Gasteiger partial charge in [0.25, 0.3) is 11.8 Å². The second-order valence-corrected chi connectivity index (χ2v) is 8.11. The third-order valence-electron chi connectivity index (χ3n) is 6.64. The minimum atomic E-state index is -0.202. The summed E-state index contributed by atoms with van der Waals surface area (Å²) < 4.78 is 0. The van der Waals surface area contributed by atoms with Crippen LogP contribution in [0.5, 0.6) is 0 Å². The summed E-state index contributed by atoms with van der Waals surface area (Å²) in [6, 6.07) is 11.3. The normalized spacial score (nSPS) is 25.5. The van der Waals surface area contributed by atoms with Crippen molar-refractivity contribution in [1.82, 2.24) is 5.32 Å². The smallest absolute Gasteiger partial charge is 0.266 e. The quantitative estimate of drug-likeness (QED) is 0.795. The SMILES string of the molecule is O=C1c2ccccc2C(=O)N1c1cc2c3c(c1)[C@@H]1CNC[C@@H]1CN3CCC2. The van der Waals surface area contributed by atoms with Crippen molar-refractivity contribution in [3.63, 3.8) is 0 Å². The number of amides is 2. The summed E-state index contributed by atoms with van der Waals surface area (Å²) in [4.78, 5) is 29.8. The van der Waals surface area contributed by atoms with E-state index < -0.39 is 0 Å². The number of carbonyl (C=O) groups is 2. The summed E-state index contributed by atoms with van der Waals surface area (Å²) in [6.07, 6.45) is 2.14. The molecule has 6 rings (SSSR count). The van der Waals surface area contributed by atoms with Gasteiger partial charge >= 0.3 is 0 Å². The highest BCUT2D eigenvalue weighted by Crippen LogP contribution is 2.46. The molecule has 0 bridgehead atoms.